The van der Waals surface area contributed by atoms with E-state index in [1.807, 2.05) is 31.2 Å². The fraction of sp³-hybridized carbons (Fsp3) is 0.619. The fourth-order valence-electron chi connectivity index (χ4n) is 2.91. The van der Waals surface area contributed by atoms with E-state index in [-0.39, 0.29) is 36.4 Å². The lowest BCUT2D eigenvalue weighted by Gasteiger charge is -2.30. The average Bonchev–Trinajstić information content (AvgIpc) is 2.67. The highest BCUT2D eigenvalue weighted by atomic mass is 127. The predicted molar refractivity (Wildman–Crippen MR) is 131 cm³/mol. The number of methoxy groups -OCH3 is 1. The molecule has 0 saturated heterocycles. The normalized spacial score (nSPS) is 11.4. The zero-order valence-electron chi connectivity index (χ0n) is 18.6. The molecule has 0 atom stereocenters. The van der Waals surface area contributed by atoms with Crippen molar-refractivity contribution < 1.29 is 9.53 Å². The number of carbonyl (C=O) groups excluding carboxylic acids is 1. The van der Waals surface area contributed by atoms with E-state index < -0.39 is 0 Å². The number of amides is 1. The first-order chi connectivity index (χ1) is 13.4. The molecule has 0 saturated carbocycles. The molecule has 166 valence electrons. The summed E-state index contributed by atoms with van der Waals surface area (Å²) in [6.07, 6.45) is 0. The van der Waals surface area contributed by atoms with Gasteiger partial charge in [-0.15, -0.1) is 24.0 Å². The van der Waals surface area contributed by atoms with Crippen LogP contribution in [0.4, 0.5) is 0 Å². The molecule has 8 heteroatoms. The summed E-state index contributed by atoms with van der Waals surface area (Å²) < 4.78 is 5.13. The van der Waals surface area contributed by atoms with Crippen molar-refractivity contribution in [3.05, 3.63) is 29.8 Å². The van der Waals surface area contributed by atoms with E-state index in [2.05, 4.69) is 53.5 Å². The standard InChI is InChI=1S/C21H37N5O2.HI/c1-7-22-21(23-12-13-26(16(2)3)17(4)5)25-15-20(27)24-14-18-8-10-19(28-6)11-9-18;/h8-11,16-17H,7,12-15H2,1-6H3,(H,24,27)(H2,22,23,25);1H. The molecule has 29 heavy (non-hydrogen) atoms. The second kappa shape index (κ2) is 15.3. The summed E-state index contributed by atoms with van der Waals surface area (Å²) in [4.78, 5) is 18.9. The minimum Gasteiger partial charge on any atom is -0.497 e. The minimum atomic E-state index is -0.112. The van der Waals surface area contributed by atoms with Crippen LogP contribution in [0.2, 0.25) is 0 Å². The molecule has 0 radical (unpaired) electrons. The predicted octanol–water partition coefficient (Wildman–Crippen LogP) is 2.60. The molecule has 0 heterocycles. The fourth-order valence-corrected chi connectivity index (χ4v) is 2.91. The molecule has 1 amide bonds. The van der Waals surface area contributed by atoms with Crippen molar-refractivity contribution in [1.29, 1.82) is 0 Å². The van der Waals surface area contributed by atoms with Crippen LogP contribution in [0.1, 0.15) is 40.2 Å². The van der Waals surface area contributed by atoms with Crippen LogP contribution in [0.5, 0.6) is 5.75 Å². The van der Waals surface area contributed by atoms with Crippen LogP contribution in [0.15, 0.2) is 29.3 Å². The molecule has 0 spiro atoms. The van der Waals surface area contributed by atoms with Gasteiger partial charge in [0.1, 0.15) is 12.3 Å². The maximum Gasteiger partial charge on any atom is 0.242 e. The van der Waals surface area contributed by atoms with Gasteiger partial charge in [-0.25, -0.2) is 4.99 Å². The first-order valence-electron chi connectivity index (χ1n) is 10.0. The number of benzene rings is 1. The van der Waals surface area contributed by atoms with Gasteiger partial charge in [0.2, 0.25) is 5.91 Å². The molecule has 0 aliphatic heterocycles. The number of guanidine groups is 1. The Morgan fingerprint density at radius 1 is 1.07 bits per heavy atom. The Hall–Kier alpha value is -1.55. The molecule has 3 N–H and O–H groups in total. The lowest BCUT2D eigenvalue weighted by molar-refractivity contribution is -0.119. The highest BCUT2D eigenvalue weighted by Gasteiger charge is 2.12. The summed E-state index contributed by atoms with van der Waals surface area (Å²) in [5, 5.41) is 9.38. The van der Waals surface area contributed by atoms with Crippen molar-refractivity contribution >= 4 is 35.8 Å². The number of carbonyl (C=O) groups is 1. The Bertz CT molecular complexity index is 598. The van der Waals surface area contributed by atoms with Gasteiger partial charge in [0.05, 0.1) is 7.11 Å². The van der Waals surface area contributed by atoms with Gasteiger partial charge in [-0.2, -0.15) is 0 Å². The van der Waals surface area contributed by atoms with Gasteiger partial charge in [-0.05, 0) is 52.3 Å². The molecule has 0 fully saturated rings. The van der Waals surface area contributed by atoms with Gasteiger partial charge >= 0.3 is 0 Å². The van der Waals surface area contributed by atoms with E-state index in [9.17, 15) is 4.79 Å². The van der Waals surface area contributed by atoms with E-state index in [0.29, 0.717) is 24.6 Å². The first-order valence-corrected chi connectivity index (χ1v) is 10.0. The second-order valence-electron chi connectivity index (χ2n) is 7.17. The Labute approximate surface area is 193 Å². The van der Waals surface area contributed by atoms with E-state index >= 15 is 0 Å². The topological polar surface area (TPSA) is 78.0 Å². The van der Waals surface area contributed by atoms with E-state index in [0.717, 1.165) is 30.9 Å². The molecular weight excluding hydrogens is 481 g/mol. The van der Waals surface area contributed by atoms with Gasteiger partial charge in [0.15, 0.2) is 5.96 Å². The number of aliphatic imine (C=N–C) groups is 1. The number of hydrogen-bond donors (Lipinski definition) is 3. The number of ether oxygens (including phenoxy) is 1. The Morgan fingerprint density at radius 3 is 2.21 bits per heavy atom. The summed E-state index contributed by atoms with van der Waals surface area (Å²) in [7, 11) is 1.63. The van der Waals surface area contributed by atoms with E-state index in [4.69, 9.17) is 4.74 Å². The summed E-state index contributed by atoms with van der Waals surface area (Å²) in [6.45, 7) is 13.8. The van der Waals surface area contributed by atoms with Crippen molar-refractivity contribution in [3.63, 3.8) is 0 Å². The average molecular weight is 519 g/mol. The highest BCUT2D eigenvalue weighted by molar-refractivity contribution is 14.0. The summed E-state index contributed by atoms with van der Waals surface area (Å²) in [5.41, 5.74) is 1.02. The molecule has 1 aromatic rings. The van der Waals surface area contributed by atoms with Crippen molar-refractivity contribution in [2.75, 3.05) is 33.3 Å². The lowest BCUT2D eigenvalue weighted by atomic mass is 10.2. The monoisotopic (exact) mass is 519 g/mol. The van der Waals surface area contributed by atoms with Crippen molar-refractivity contribution in [3.8, 4) is 5.75 Å². The molecule has 0 aliphatic rings. The Kier molecular flexibility index (Phi) is 14.5. The van der Waals surface area contributed by atoms with Crippen molar-refractivity contribution in [2.45, 2.75) is 53.2 Å². The SMILES string of the molecule is CCNC(=NCC(=O)NCc1ccc(OC)cc1)NCCN(C(C)C)C(C)C.I. The van der Waals surface area contributed by atoms with Gasteiger partial charge < -0.3 is 20.7 Å². The second-order valence-corrected chi connectivity index (χ2v) is 7.17. The largest absolute Gasteiger partial charge is 0.497 e. The zero-order chi connectivity index (χ0) is 20.9. The summed E-state index contributed by atoms with van der Waals surface area (Å²) >= 11 is 0. The molecule has 0 aromatic heterocycles. The highest BCUT2D eigenvalue weighted by Crippen LogP contribution is 2.10. The van der Waals surface area contributed by atoms with Gasteiger partial charge in [0, 0.05) is 38.3 Å². The van der Waals surface area contributed by atoms with Crippen LogP contribution in [0.3, 0.4) is 0 Å². The van der Waals surface area contributed by atoms with Crippen LogP contribution in [-0.4, -0.2) is 62.1 Å². The van der Waals surface area contributed by atoms with Gasteiger partial charge in [0.25, 0.3) is 0 Å². The maximum absolute atomic E-state index is 12.1. The van der Waals surface area contributed by atoms with E-state index in [1.54, 1.807) is 7.11 Å². The number of nitrogens with one attached hydrogen (secondary N) is 3. The van der Waals surface area contributed by atoms with Gasteiger partial charge in [-0.3, -0.25) is 9.69 Å². The number of halogens is 1. The zero-order valence-corrected chi connectivity index (χ0v) is 20.9. The minimum absolute atomic E-state index is 0. The third kappa shape index (κ3) is 11.3. The van der Waals surface area contributed by atoms with Crippen LogP contribution in [0, 0.1) is 0 Å². The quantitative estimate of drug-likeness (QED) is 0.238. The van der Waals surface area contributed by atoms with E-state index in [1.165, 1.54) is 0 Å². The number of hydrogen-bond acceptors (Lipinski definition) is 4. The maximum atomic E-state index is 12.1. The number of nitrogens with zero attached hydrogens (tertiary/aromatic N) is 2. The Balaban J connectivity index is 0.00000784. The van der Waals surface area contributed by atoms with Crippen molar-refractivity contribution in [1.82, 2.24) is 20.9 Å². The smallest absolute Gasteiger partial charge is 0.242 e. The molecule has 1 rings (SSSR count). The molecule has 0 aliphatic carbocycles. The van der Waals surface area contributed by atoms with Crippen LogP contribution in [-0.2, 0) is 11.3 Å². The molecular formula is C21H38IN5O2. The lowest BCUT2D eigenvalue weighted by Crippen LogP contribution is -2.45. The van der Waals surface area contributed by atoms with Crippen LogP contribution >= 0.6 is 24.0 Å². The molecule has 0 unspecified atom stereocenters. The number of rotatable bonds is 11. The van der Waals surface area contributed by atoms with Gasteiger partial charge in [-0.1, -0.05) is 12.1 Å². The molecule has 0 bridgehead atoms. The van der Waals surface area contributed by atoms with Crippen LogP contribution in [0.25, 0.3) is 0 Å². The van der Waals surface area contributed by atoms with Crippen molar-refractivity contribution in [2.24, 2.45) is 4.99 Å². The summed E-state index contributed by atoms with van der Waals surface area (Å²) in [5.74, 6) is 1.35. The molecule has 7 nitrogen and oxygen atoms in total. The summed E-state index contributed by atoms with van der Waals surface area (Å²) in [6, 6.07) is 8.61. The Morgan fingerprint density at radius 2 is 1.69 bits per heavy atom. The third-order valence-electron chi connectivity index (χ3n) is 4.36. The third-order valence-corrected chi connectivity index (χ3v) is 4.36. The van der Waals surface area contributed by atoms with Crippen LogP contribution < -0.4 is 20.7 Å². The molecule has 1 aromatic carbocycles. The first kappa shape index (κ1) is 27.5.